The molecule has 1 spiro atoms. The number of amides is 1. The van der Waals surface area contributed by atoms with Crippen LogP contribution in [0.25, 0.3) is 0 Å². The maximum atomic E-state index is 13.7. The lowest BCUT2D eigenvalue weighted by Gasteiger charge is -2.70. The van der Waals surface area contributed by atoms with Crippen LogP contribution in [0.4, 0.5) is 5.69 Å². The minimum Gasteiger partial charge on any atom is -0.462 e. The third-order valence-electron chi connectivity index (χ3n) is 13.3. The Labute approximate surface area is 275 Å². The molecule has 5 aliphatic carbocycles. The summed E-state index contributed by atoms with van der Waals surface area (Å²) in [7, 11) is 4.89. The minimum absolute atomic E-state index is 0.0512. The summed E-state index contributed by atoms with van der Waals surface area (Å²) in [6.07, 6.45) is -0.104. The number of rotatable bonds is 9. The number of benzene rings is 1. The van der Waals surface area contributed by atoms with Crippen molar-refractivity contribution in [1.29, 1.82) is 0 Å². The van der Waals surface area contributed by atoms with Gasteiger partial charge in [0.15, 0.2) is 0 Å². The number of likely N-dealkylation sites (N-methyl/N-ethyl adjacent to an activating group) is 1. The second-order valence-electron chi connectivity index (χ2n) is 14.9. The highest BCUT2D eigenvalue weighted by atomic mass is 16.6. The van der Waals surface area contributed by atoms with Crippen molar-refractivity contribution in [2.75, 3.05) is 46.3 Å². The van der Waals surface area contributed by atoms with Gasteiger partial charge in [0.2, 0.25) is 5.91 Å². The van der Waals surface area contributed by atoms with Crippen molar-refractivity contribution < 1.29 is 48.3 Å². The Morgan fingerprint density at radius 2 is 1.81 bits per heavy atom. The molecular formula is C35H48N2O10. The molecule has 1 amide bonds. The highest BCUT2D eigenvalue weighted by Crippen LogP contribution is 2.80. The van der Waals surface area contributed by atoms with Crippen LogP contribution in [-0.2, 0) is 33.3 Å². The van der Waals surface area contributed by atoms with Crippen molar-refractivity contribution in [2.24, 2.45) is 34.5 Å². The van der Waals surface area contributed by atoms with Crippen LogP contribution < -0.4 is 5.32 Å². The number of hydrogen-bond donors (Lipinski definition) is 3. The average Bonchev–Trinajstić information content (AvgIpc) is 3.42. The van der Waals surface area contributed by atoms with Gasteiger partial charge in [0.05, 0.1) is 42.2 Å². The van der Waals surface area contributed by atoms with Crippen molar-refractivity contribution in [3.63, 3.8) is 0 Å². The first-order chi connectivity index (χ1) is 22.4. The Hall–Kier alpha value is -2.61. The number of carbonyl (C=O) groups is 3. The van der Waals surface area contributed by atoms with Gasteiger partial charge in [-0.1, -0.05) is 19.1 Å². The highest BCUT2D eigenvalue weighted by Gasteiger charge is 2.92. The van der Waals surface area contributed by atoms with Crippen molar-refractivity contribution in [3.8, 4) is 0 Å². The molecule has 1 aromatic rings. The van der Waals surface area contributed by atoms with Crippen molar-refractivity contribution >= 4 is 23.5 Å². The molecule has 1 heterocycles. The minimum atomic E-state index is -1.78. The molecule has 0 radical (unpaired) electrons. The number of ether oxygens (including phenoxy) is 5. The number of esters is 2. The zero-order chi connectivity index (χ0) is 33.7. The molecule has 12 heteroatoms. The summed E-state index contributed by atoms with van der Waals surface area (Å²) in [5, 5.41) is 29.3. The number of methoxy groups -OCH3 is 3. The standard InChI is InChI=1S/C35H48N2O10/c1-7-37-16-32(17-46-30(40)20-10-8-9-11-23(20)36-18(2)38)13-12-25(44-5)34-22-14-21-24(43-4)15-33(41,26(22)27(21)47-19(3)39)35(42,31(34)37)29(45-6)28(32)34/h8-11,21-22,24-29,31,41-42H,7,12-17H2,1-6H3,(H,36,38)/t21-,22?,24+,25-,26?,27?,28?,29?,31?,32+,33-,34+,35?/m1/s1. The summed E-state index contributed by atoms with van der Waals surface area (Å²) in [5.74, 6) is -2.57. The Morgan fingerprint density at radius 1 is 1.06 bits per heavy atom. The molecule has 6 fully saturated rings. The summed E-state index contributed by atoms with van der Waals surface area (Å²) in [6, 6.07) is 6.24. The lowest BCUT2D eigenvalue weighted by atomic mass is 9.42. The summed E-state index contributed by atoms with van der Waals surface area (Å²) >= 11 is 0. The van der Waals surface area contributed by atoms with E-state index in [1.807, 2.05) is 6.92 Å². The number of anilines is 1. The van der Waals surface area contributed by atoms with Gasteiger partial charge in [-0.3, -0.25) is 14.5 Å². The number of likely N-dealkylation sites (tertiary alicyclic amines) is 1. The molecule has 1 saturated heterocycles. The number of para-hydroxylation sites is 1. The van der Waals surface area contributed by atoms with Gasteiger partial charge in [0, 0.05) is 76.7 Å². The van der Waals surface area contributed by atoms with Gasteiger partial charge < -0.3 is 39.2 Å². The van der Waals surface area contributed by atoms with E-state index in [-0.39, 0.29) is 48.4 Å². The summed E-state index contributed by atoms with van der Waals surface area (Å²) in [6.45, 7) is 5.97. The fourth-order valence-electron chi connectivity index (χ4n) is 12.3. The first-order valence-electron chi connectivity index (χ1n) is 16.9. The maximum Gasteiger partial charge on any atom is 0.340 e. The van der Waals surface area contributed by atoms with Gasteiger partial charge in [0.25, 0.3) is 0 Å². The molecule has 3 N–H and O–H groups in total. The SMILES string of the molecule is CCN1C[C@]2(COC(=O)c3ccccc3NC(C)=O)CC[C@@H](OC)[C@@]34C5C[C@H]6C(OC(C)=O)C5[C@](O)(C[C@@H]6OC)C(O)(C(OC)C23)C14. The third-order valence-corrected chi connectivity index (χ3v) is 13.3. The lowest BCUT2D eigenvalue weighted by Crippen LogP contribution is -2.82. The molecule has 7 rings (SSSR count). The first-order valence-corrected chi connectivity index (χ1v) is 16.9. The Kier molecular flexibility index (Phi) is 7.85. The molecule has 1 aromatic carbocycles. The monoisotopic (exact) mass is 656 g/mol. The van der Waals surface area contributed by atoms with E-state index in [2.05, 4.69) is 10.2 Å². The maximum absolute atomic E-state index is 13.7. The van der Waals surface area contributed by atoms with E-state index in [1.54, 1.807) is 45.6 Å². The van der Waals surface area contributed by atoms with Crippen LogP contribution in [0.2, 0.25) is 0 Å². The van der Waals surface area contributed by atoms with E-state index in [4.69, 9.17) is 23.7 Å². The molecule has 5 saturated carbocycles. The van der Waals surface area contributed by atoms with Crippen molar-refractivity contribution in [2.45, 2.75) is 88.1 Å². The number of nitrogens with zero attached hydrogens (tertiary/aromatic N) is 1. The van der Waals surface area contributed by atoms with Gasteiger partial charge in [-0.25, -0.2) is 4.79 Å². The topological polar surface area (TPSA) is 153 Å². The number of hydrogen-bond acceptors (Lipinski definition) is 11. The molecule has 47 heavy (non-hydrogen) atoms. The fraction of sp³-hybridized carbons (Fsp3) is 0.743. The summed E-state index contributed by atoms with van der Waals surface area (Å²) < 4.78 is 31.0. The van der Waals surface area contributed by atoms with E-state index in [0.717, 1.165) is 0 Å². The lowest BCUT2D eigenvalue weighted by molar-refractivity contribution is -0.319. The van der Waals surface area contributed by atoms with Gasteiger partial charge in [0.1, 0.15) is 17.3 Å². The Balaban J connectivity index is 1.37. The van der Waals surface area contributed by atoms with Crippen LogP contribution in [0, 0.1) is 34.5 Å². The zero-order valence-electron chi connectivity index (χ0n) is 28.1. The van der Waals surface area contributed by atoms with E-state index in [0.29, 0.717) is 38.0 Å². The van der Waals surface area contributed by atoms with Gasteiger partial charge in [-0.05, 0) is 43.9 Å². The fourth-order valence-corrected chi connectivity index (χ4v) is 12.3. The van der Waals surface area contributed by atoms with E-state index in [9.17, 15) is 24.6 Å². The van der Waals surface area contributed by atoms with Gasteiger partial charge in [-0.15, -0.1) is 0 Å². The third kappa shape index (κ3) is 4.06. The highest BCUT2D eigenvalue weighted by molar-refractivity contribution is 6.00. The number of piperidine rings is 1. The van der Waals surface area contributed by atoms with Crippen LogP contribution in [0.3, 0.4) is 0 Å². The van der Waals surface area contributed by atoms with Gasteiger partial charge in [-0.2, -0.15) is 0 Å². The van der Waals surface area contributed by atoms with Gasteiger partial charge >= 0.3 is 11.9 Å². The molecule has 1 aliphatic heterocycles. The van der Waals surface area contributed by atoms with Crippen LogP contribution in [0.1, 0.15) is 56.8 Å². The zero-order valence-corrected chi connectivity index (χ0v) is 28.1. The Bertz CT molecular complexity index is 1460. The van der Waals surface area contributed by atoms with Crippen LogP contribution in [0.5, 0.6) is 0 Å². The second-order valence-corrected chi connectivity index (χ2v) is 14.9. The summed E-state index contributed by atoms with van der Waals surface area (Å²) in [5.41, 5.74) is -4.23. The number of nitrogens with one attached hydrogen (secondary N) is 1. The van der Waals surface area contributed by atoms with Crippen molar-refractivity contribution in [1.82, 2.24) is 4.90 Å². The molecule has 0 aromatic heterocycles. The van der Waals surface area contributed by atoms with E-state index in [1.165, 1.54) is 13.8 Å². The largest absolute Gasteiger partial charge is 0.462 e. The van der Waals surface area contributed by atoms with Crippen LogP contribution in [-0.4, -0.2) is 116 Å². The normalized spacial score (nSPS) is 45.7. The first kappa shape index (κ1) is 32.9. The van der Waals surface area contributed by atoms with E-state index >= 15 is 0 Å². The predicted molar refractivity (Wildman–Crippen MR) is 167 cm³/mol. The quantitative estimate of drug-likeness (QED) is 0.335. The number of aliphatic hydroxyl groups is 2. The Morgan fingerprint density at radius 3 is 2.45 bits per heavy atom. The molecule has 13 atom stereocenters. The van der Waals surface area contributed by atoms with Crippen LogP contribution in [0.15, 0.2) is 24.3 Å². The smallest absolute Gasteiger partial charge is 0.340 e. The molecule has 12 nitrogen and oxygen atoms in total. The molecule has 7 bridgehead atoms. The number of carbonyl (C=O) groups excluding carboxylic acids is 3. The molecule has 6 aliphatic rings. The van der Waals surface area contributed by atoms with Crippen molar-refractivity contribution in [3.05, 3.63) is 29.8 Å². The predicted octanol–water partition coefficient (Wildman–Crippen LogP) is 2.01. The molecular weight excluding hydrogens is 608 g/mol. The second kappa shape index (κ2) is 11.2. The summed E-state index contributed by atoms with van der Waals surface area (Å²) in [4.78, 5) is 40.4. The molecule has 258 valence electrons. The average molecular weight is 657 g/mol. The van der Waals surface area contributed by atoms with E-state index < -0.39 is 64.2 Å². The molecule has 7 unspecified atom stereocenters. The van der Waals surface area contributed by atoms with Crippen LogP contribution >= 0.6 is 0 Å². The number of fused-ring (bicyclic) bond motifs is 2.